The number of methoxy groups -OCH3 is 3. The van der Waals surface area contributed by atoms with Crippen LogP contribution in [0.3, 0.4) is 0 Å². The van der Waals surface area contributed by atoms with Gasteiger partial charge in [0.05, 0.1) is 39.1 Å². The Morgan fingerprint density at radius 3 is 2.08 bits per heavy atom. The molecule has 0 aliphatic rings. The van der Waals surface area contributed by atoms with Crippen molar-refractivity contribution in [1.29, 1.82) is 0 Å². The third kappa shape index (κ3) is 4.21. The fourth-order valence-corrected chi connectivity index (χ4v) is 2.82. The van der Waals surface area contributed by atoms with Crippen LogP contribution < -0.4 is 19.5 Å². The number of pyridine rings is 1. The van der Waals surface area contributed by atoms with Crippen molar-refractivity contribution in [2.24, 2.45) is 0 Å². The largest absolute Gasteiger partial charge is 0.493 e. The van der Waals surface area contributed by atoms with E-state index in [4.69, 9.17) is 14.2 Å². The molecule has 1 aromatic heterocycles. The lowest BCUT2D eigenvalue weighted by molar-refractivity contribution is -0.115. The molecule has 1 heterocycles. The molecule has 1 amide bonds. The van der Waals surface area contributed by atoms with Gasteiger partial charge in [0.2, 0.25) is 11.7 Å². The normalized spacial score (nSPS) is 10.3. The van der Waals surface area contributed by atoms with Crippen LogP contribution in [-0.4, -0.2) is 32.2 Å². The van der Waals surface area contributed by atoms with Crippen molar-refractivity contribution in [2.75, 3.05) is 26.6 Å². The number of hydrogen-bond donors (Lipinski definition) is 1. The van der Waals surface area contributed by atoms with Crippen molar-refractivity contribution in [1.82, 2.24) is 4.98 Å². The number of aromatic nitrogens is 1. The third-order valence-electron chi connectivity index (χ3n) is 3.88. The summed E-state index contributed by atoms with van der Waals surface area (Å²) in [5.74, 6) is 1.41. The number of anilines is 1. The number of nitrogens with zero attached hydrogens (tertiary/aromatic N) is 1. The highest BCUT2D eigenvalue weighted by molar-refractivity contribution is 5.93. The lowest BCUT2D eigenvalue weighted by Crippen LogP contribution is -2.17. The smallest absolute Gasteiger partial charge is 0.228 e. The molecule has 0 bridgehead atoms. The second kappa shape index (κ2) is 7.88. The summed E-state index contributed by atoms with van der Waals surface area (Å²) in [5, 5.41) is 2.94. The lowest BCUT2D eigenvalue weighted by atomic mass is 10.1. The van der Waals surface area contributed by atoms with E-state index in [1.165, 1.54) is 0 Å². The molecule has 0 aliphatic carbocycles. The number of hydrogen-bond acceptors (Lipinski definition) is 5. The van der Waals surface area contributed by atoms with Crippen molar-refractivity contribution >= 4 is 11.6 Å². The van der Waals surface area contributed by atoms with Gasteiger partial charge in [-0.25, -0.2) is 0 Å². The highest BCUT2D eigenvalue weighted by atomic mass is 16.5. The summed E-state index contributed by atoms with van der Waals surface area (Å²) in [7, 11) is 4.64. The number of aryl methyl sites for hydroxylation is 3. The molecule has 25 heavy (non-hydrogen) atoms. The van der Waals surface area contributed by atoms with Gasteiger partial charge in [0.1, 0.15) is 0 Å². The summed E-state index contributed by atoms with van der Waals surface area (Å²) in [6.45, 7) is 5.77. The van der Waals surface area contributed by atoms with E-state index in [2.05, 4.69) is 10.3 Å². The second-order valence-corrected chi connectivity index (χ2v) is 5.80. The summed E-state index contributed by atoms with van der Waals surface area (Å²) in [6.07, 6.45) is 0.184. The van der Waals surface area contributed by atoms with E-state index in [1.54, 1.807) is 33.5 Å². The van der Waals surface area contributed by atoms with Crippen LogP contribution in [-0.2, 0) is 11.2 Å². The average Bonchev–Trinajstić information content (AvgIpc) is 2.57. The van der Waals surface area contributed by atoms with Crippen molar-refractivity contribution in [3.05, 3.63) is 40.7 Å². The van der Waals surface area contributed by atoms with E-state index in [1.807, 2.05) is 26.8 Å². The molecule has 6 nitrogen and oxygen atoms in total. The Hall–Kier alpha value is -2.76. The molecule has 0 saturated heterocycles. The first-order valence-electron chi connectivity index (χ1n) is 7.93. The lowest BCUT2D eigenvalue weighted by Gasteiger charge is -2.15. The molecule has 0 aliphatic heterocycles. The van der Waals surface area contributed by atoms with Gasteiger partial charge in [-0.2, -0.15) is 0 Å². The van der Waals surface area contributed by atoms with Crippen LogP contribution in [0.25, 0.3) is 0 Å². The van der Waals surface area contributed by atoms with E-state index >= 15 is 0 Å². The summed E-state index contributed by atoms with van der Waals surface area (Å²) in [5.41, 5.74) is 4.24. The van der Waals surface area contributed by atoms with Crippen LogP contribution in [0.15, 0.2) is 18.2 Å². The van der Waals surface area contributed by atoms with Gasteiger partial charge in [0.25, 0.3) is 0 Å². The van der Waals surface area contributed by atoms with Gasteiger partial charge in [-0.3, -0.25) is 9.78 Å². The van der Waals surface area contributed by atoms with Crippen LogP contribution in [0, 0.1) is 20.8 Å². The predicted molar refractivity (Wildman–Crippen MR) is 96.9 cm³/mol. The summed E-state index contributed by atoms with van der Waals surface area (Å²) in [4.78, 5) is 16.9. The van der Waals surface area contributed by atoms with Crippen molar-refractivity contribution in [3.63, 3.8) is 0 Å². The Kier molecular flexibility index (Phi) is 5.85. The summed E-state index contributed by atoms with van der Waals surface area (Å²) >= 11 is 0. The topological polar surface area (TPSA) is 69.7 Å². The van der Waals surface area contributed by atoms with Gasteiger partial charge in [0, 0.05) is 5.69 Å². The first-order chi connectivity index (χ1) is 11.9. The Labute approximate surface area is 148 Å². The second-order valence-electron chi connectivity index (χ2n) is 5.80. The minimum atomic E-state index is -0.133. The van der Waals surface area contributed by atoms with Crippen LogP contribution in [0.4, 0.5) is 5.69 Å². The van der Waals surface area contributed by atoms with E-state index in [-0.39, 0.29) is 12.3 Å². The first-order valence-corrected chi connectivity index (χ1v) is 7.93. The highest BCUT2D eigenvalue weighted by Gasteiger charge is 2.16. The van der Waals surface area contributed by atoms with Gasteiger partial charge in [0.15, 0.2) is 11.5 Å². The number of amides is 1. The maximum atomic E-state index is 12.5. The molecule has 0 saturated carbocycles. The molecule has 0 spiro atoms. The van der Waals surface area contributed by atoms with Crippen molar-refractivity contribution in [3.8, 4) is 17.2 Å². The number of rotatable bonds is 6. The molecule has 134 valence electrons. The van der Waals surface area contributed by atoms with Crippen LogP contribution in [0.2, 0.25) is 0 Å². The third-order valence-corrected chi connectivity index (χ3v) is 3.88. The van der Waals surface area contributed by atoms with E-state index in [0.29, 0.717) is 17.2 Å². The molecule has 1 N–H and O–H groups in total. The molecular weight excluding hydrogens is 320 g/mol. The minimum absolute atomic E-state index is 0.133. The van der Waals surface area contributed by atoms with Crippen molar-refractivity contribution in [2.45, 2.75) is 27.2 Å². The molecule has 2 aromatic rings. The van der Waals surface area contributed by atoms with Crippen LogP contribution in [0.1, 0.15) is 22.5 Å². The number of ether oxygens (including phenoxy) is 3. The molecule has 2 rings (SSSR count). The predicted octanol–water partition coefficient (Wildman–Crippen LogP) is 3.21. The standard InChI is InChI=1S/C19H24N2O4/c1-11-7-12(2)20-13(3)18(11)21-17(22)10-14-8-15(23-4)19(25-6)16(9-14)24-5/h7-9H,10H2,1-6H3,(H,21,22). The molecule has 1 aromatic carbocycles. The first kappa shape index (κ1) is 18.6. The fraction of sp³-hybridized carbons (Fsp3) is 0.368. The zero-order chi connectivity index (χ0) is 18.6. The maximum Gasteiger partial charge on any atom is 0.228 e. The molecule has 0 unspecified atom stereocenters. The maximum absolute atomic E-state index is 12.5. The van der Waals surface area contributed by atoms with Crippen LogP contribution >= 0.6 is 0 Å². The van der Waals surface area contributed by atoms with E-state index in [9.17, 15) is 4.79 Å². The molecule has 0 radical (unpaired) electrons. The summed E-state index contributed by atoms with van der Waals surface area (Å²) in [6, 6.07) is 5.49. The molecular formula is C19H24N2O4. The molecule has 0 atom stereocenters. The number of carbonyl (C=O) groups excluding carboxylic acids is 1. The summed E-state index contributed by atoms with van der Waals surface area (Å²) < 4.78 is 15.9. The minimum Gasteiger partial charge on any atom is -0.493 e. The van der Waals surface area contributed by atoms with Gasteiger partial charge in [-0.15, -0.1) is 0 Å². The van der Waals surface area contributed by atoms with Gasteiger partial charge in [-0.05, 0) is 50.1 Å². The van der Waals surface area contributed by atoms with Gasteiger partial charge < -0.3 is 19.5 Å². The SMILES string of the molecule is COc1cc(CC(=O)Nc2c(C)cc(C)nc2C)cc(OC)c1OC. The van der Waals surface area contributed by atoms with Gasteiger partial charge in [-0.1, -0.05) is 0 Å². The van der Waals surface area contributed by atoms with E-state index in [0.717, 1.165) is 28.2 Å². The Bertz CT molecular complexity index is 739. The number of nitrogens with one attached hydrogen (secondary N) is 1. The molecule has 6 heteroatoms. The van der Waals surface area contributed by atoms with Gasteiger partial charge >= 0.3 is 0 Å². The Balaban J connectivity index is 2.24. The monoisotopic (exact) mass is 344 g/mol. The number of carbonyl (C=O) groups is 1. The Morgan fingerprint density at radius 2 is 1.60 bits per heavy atom. The van der Waals surface area contributed by atoms with Crippen LogP contribution in [0.5, 0.6) is 17.2 Å². The average molecular weight is 344 g/mol. The number of benzene rings is 1. The Morgan fingerprint density at radius 1 is 1.00 bits per heavy atom. The fourth-order valence-electron chi connectivity index (χ4n) is 2.82. The quantitative estimate of drug-likeness (QED) is 0.871. The zero-order valence-corrected chi connectivity index (χ0v) is 15.5. The highest BCUT2D eigenvalue weighted by Crippen LogP contribution is 2.38. The van der Waals surface area contributed by atoms with Crippen molar-refractivity contribution < 1.29 is 19.0 Å². The molecule has 0 fully saturated rings. The zero-order valence-electron chi connectivity index (χ0n) is 15.5. The van der Waals surface area contributed by atoms with E-state index < -0.39 is 0 Å².